The van der Waals surface area contributed by atoms with Gasteiger partial charge < -0.3 is 15.0 Å². The first-order valence-corrected chi connectivity index (χ1v) is 10.7. The van der Waals surface area contributed by atoms with Crippen molar-refractivity contribution >= 4 is 11.9 Å². The molecule has 1 N–H and O–H groups in total. The van der Waals surface area contributed by atoms with E-state index < -0.39 is 5.92 Å². The zero-order chi connectivity index (χ0) is 22.0. The lowest BCUT2D eigenvalue weighted by molar-refractivity contribution is -0.0361. The number of likely N-dealkylation sites (tertiary alicyclic amines) is 1. The average Bonchev–Trinajstić information content (AvgIpc) is 3.21. The van der Waals surface area contributed by atoms with Crippen LogP contribution in [-0.2, 0) is 4.74 Å². The van der Waals surface area contributed by atoms with Crippen molar-refractivity contribution in [1.29, 1.82) is 0 Å². The molecule has 1 amide bonds. The summed E-state index contributed by atoms with van der Waals surface area (Å²) < 4.78 is 33.5. The molecule has 0 bridgehead atoms. The molecule has 0 unspecified atom stereocenters. The van der Waals surface area contributed by atoms with Gasteiger partial charge in [-0.1, -0.05) is 0 Å². The van der Waals surface area contributed by atoms with E-state index in [1.807, 2.05) is 19.1 Å². The molecule has 4 rings (SSSR count). The minimum atomic E-state index is -2.57. The molecule has 2 fully saturated rings. The van der Waals surface area contributed by atoms with Crippen molar-refractivity contribution in [2.75, 3.05) is 25.5 Å². The molecule has 10 heteroatoms. The topological polar surface area (TPSA) is 85.2 Å². The molecule has 2 aromatic rings. The molecule has 0 spiro atoms. The minimum absolute atomic E-state index is 0.0456. The summed E-state index contributed by atoms with van der Waals surface area (Å²) in [6.07, 6.45) is 3.60. The molecule has 1 saturated carbocycles. The third kappa shape index (κ3) is 5.11. The average molecular weight is 434 g/mol. The summed E-state index contributed by atoms with van der Waals surface area (Å²) in [5.74, 6) is -1.33. The highest BCUT2D eigenvalue weighted by molar-refractivity contribution is 5.67. The van der Waals surface area contributed by atoms with Gasteiger partial charge in [-0.2, -0.15) is 10.1 Å². The summed E-state index contributed by atoms with van der Waals surface area (Å²) in [5.41, 5.74) is 1.72. The summed E-state index contributed by atoms with van der Waals surface area (Å²) in [6, 6.07) is 3.74. The second-order valence-corrected chi connectivity index (χ2v) is 8.39. The first-order valence-electron chi connectivity index (χ1n) is 10.7. The van der Waals surface area contributed by atoms with Crippen LogP contribution in [-0.4, -0.2) is 62.9 Å². The molecule has 0 radical (unpaired) electrons. The molecule has 3 heterocycles. The van der Waals surface area contributed by atoms with Crippen LogP contribution in [0.2, 0.25) is 0 Å². The number of amides is 1. The van der Waals surface area contributed by atoms with Crippen molar-refractivity contribution < 1.29 is 18.3 Å². The van der Waals surface area contributed by atoms with Gasteiger partial charge in [0.1, 0.15) is 5.82 Å². The van der Waals surface area contributed by atoms with Gasteiger partial charge in [-0.15, -0.1) is 0 Å². The second kappa shape index (κ2) is 8.76. The number of aryl methyl sites for hydroxylation is 1. The van der Waals surface area contributed by atoms with E-state index in [0.29, 0.717) is 37.7 Å². The molecular weight excluding hydrogens is 406 g/mol. The Morgan fingerprint density at radius 3 is 2.52 bits per heavy atom. The SMILES string of the molecule is COC(=O)N1CCC(c2cc(NC3CCC(F)(F)CC3)nc(-n3ccc(C)n3)n2)CC1. The van der Waals surface area contributed by atoms with E-state index >= 15 is 0 Å². The lowest BCUT2D eigenvalue weighted by Crippen LogP contribution is -2.38. The van der Waals surface area contributed by atoms with Gasteiger partial charge in [-0.05, 0) is 38.7 Å². The van der Waals surface area contributed by atoms with E-state index in [1.54, 1.807) is 15.8 Å². The van der Waals surface area contributed by atoms with Gasteiger partial charge in [0.05, 0.1) is 18.5 Å². The van der Waals surface area contributed by atoms with E-state index in [4.69, 9.17) is 9.72 Å². The number of rotatable bonds is 4. The molecule has 2 aliphatic rings. The van der Waals surface area contributed by atoms with Crippen LogP contribution in [0.25, 0.3) is 5.95 Å². The van der Waals surface area contributed by atoms with Crippen molar-refractivity contribution in [3.05, 3.63) is 29.7 Å². The van der Waals surface area contributed by atoms with Gasteiger partial charge in [-0.25, -0.2) is 23.2 Å². The number of hydrogen-bond donors (Lipinski definition) is 1. The Morgan fingerprint density at radius 2 is 1.90 bits per heavy atom. The van der Waals surface area contributed by atoms with E-state index in [1.165, 1.54) is 7.11 Å². The van der Waals surface area contributed by atoms with Crippen molar-refractivity contribution in [2.45, 2.75) is 63.3 Å². The number of methoxy groups -OCH3 is 1. The number of ether oxygens (including phenoxy) is 1. The Kier molecular flexibility index (Phi) is 6.06. The van der Waals surface area contributed by atoms with Crippen LogP contribution in [0, 0.1) is 6.92 Å². The van der Waals surface area contributed by atoms with Gasteiger partial charge in [0.15, 0.2) is 0 Å². The summed E-state index contributed by atoms with van der Waals surface area (Å²) in [4.78, 5) is 22.8. The largest absolute Gasteiger partial charge is 0.453 e. The number of alkyl halides is 2. The van der Waals surface area contributed by atoms with E-state index in [-0.39, 0.29) is 30.9 Å². The molecule has 2 aromatic heterocycles. The Labute approximate surface area is 180 Å². The Hall–Kier alpha value is -2.78. The molecule has 31 heavy (non-hydrogen) atoms. The van der Waals surface area contributed by atoms with E-state index in [0.717, 1.165) is 24.2 Å². The van der Waals surface area contributed by atoms with Crippen LogP contribution < -0.4 is 5.32 Å². The Balaban J connectivity index is 1.55. The Morgan fingerprint density at radius 1 is 1.19 bits per heavy atom. The quantitative estimate of drug-likeness (QED) is 0.786. The monoisotopic (exact) mass is 434 g/mol. The fourth-order valence-corrected chi connectivity index (χ4v) is 4.25. The van der Waals surface area contributed by atoms with Gasteiger partial charge in [0.2, 0.25) is 5.92 Å². The number of carbonyl (C=O) groups is 1. The van der Waals surface area contributed by atoms with Crippen LogP contribution in [0.3, 0.4) is 0 Å². The molecule has 168 valence electrons. The highest BCUT2D eigenvalue weighted by Crippen LogP contribution is 2.35. The fraction of sp³-hybridized carbons (Fsp3) is 0.619. The maximum Gasteiger partial charge on any atom is 0.409 e. The zero-order valence-electron chi connectivity index (χ0n) is 17.9. The second-order valence-electron chi connectivity index (χ2n) is 8.39. The maximum absolute atomic E-state index is 13.5. The number of aromatic nitrogens is 4. The number of nitrogens with zero attached hydrogens (tertiary/aromatic N) is 5. The van der Waals surface area contributed by atoms with Gasteiger partial charge in [0.25, 0.3) is 5.95 Å². The van der Waals surface area contributed by atoms with Crippen LogP contribution in [0.4, 0.5) is 19.4 Å². The summed E-state index contributed by atoms with van der Waals surface area (Å²) in [5, 5.41) is 7.76. The lowest BCUT2D eigenvalue weighted by Gasteiger charge is -2.31. The fourth-order valence-electron chi connectivity index (χ4n) is 4.25. The number of piperidine rings is 1. The number of anilines is 1. The predicted octanol–water partition coefficient (Wildman–Crippen LogP) is 3.91. The molecule has 1 aliphatic heterocycles. The number of nitrogens with one attached hydrogen (secondary N) is 1. The van der Waals surface area contributed by atoms with Crippen LogP contribution in [0.5, 0.6) is 0 Å². The summed E-state index contributed by atoms with van der Waals surface area (Å²) in [6.45, 7) is 3.08. The number of halogens is 2. The Bertz CT molecular complexity index is 916. The van der Waals surface area contributed by atoms with Crippen LogP contribution in [0.1, 0.15) is 55.8 Å². The highest BCUT2D eigenvalue weighted by atomic mass is 19.3. The van der Waals surface area contributed by atoms with Crippen LogP contribution >= 0.6 is 0 Å². The van der Waals surface area contributed by atoms with Gasteiger partial charge in [-0.3, -0.25) is 0 Å². The molecule has 0 aromatic carbocycles. The maximum atomic E-state index is 13.5. The standard InChI is InChI=1S/C21H28F2N6O2/c1-14-5-12-29(27-14)19-25-17(15-6-10-28(11-7-15)20(30)31-2)13-18(26-19)24-16-3-8-21(22,23)9-4-16/h5,12-13,15-16H,3-4,6-11H2,1-2H3,(H,24,25,26). The summed E-state index contributed by atoms with van der Waals surface area (Å²) in [7, 11) is 1.39. The molecule has 1 aliphatic carbocycles. The zero-order valence-corrected chi connectivity index (χ0v) is 17.9. The first-order chi connectivity index (χ1) is 14.8. The molecule has 1 saturated heterocycles. The lowest BCUT2D eigenvalue weighted by atomic mass is 9.92. The summed E-state index contributed by atoms with van der Waals surface area (Å²) >= 11 is 0. The first kappa shape index (κ1) is 21.5. The van der Waals surface area contributed by atoms with Crippen molar-refractivity contribution in [3.8, 4) is 5.95 Å². The smallest absolute Gasteiger partial charge is 0.409 e. The third-order valence-corrected chi connectivity index (χ3v) is 6.08. The molecular formula is C21H28F2N6O2. The van der Waals surface area contributed by atoms with Gasteiger partial charge >= 0.3 is 6.09 Å². The normalized spacial score (nSPS) is 19.9. The predicted molar refractivity (Wildman–Crippen MR) is 111 cm³/mol. The molecule has 8 nitrogen and oxygen atoms in total. The molecule has 0 atom stereocenters. The third-order valence-electron chi connectivity index (χ3n) is 6.08. The van der Waals surface area contributed by atoms with Crippen molar-refractivity contribution in [3.63, 3.8) is 0 Å². The number of hydrogen-bond acceptors (Lipinski definition) is 6. The van der Waals surface area contributed by atoms with E-state index in [2.05, 4.69) is 15.4 Å². The van der Waals surface area contributed by atoms with Crippen molar-refractivity contribution in [2.24, 2.45) is 0 Å². The van der Waals surface area contributed by atoms with E-state index in [9.17, 15) is 13.6 Å². The van der Waals surface area contributed by atoms with Gasteiger partial charge in [0, 0.05) is 50.2 Å². The minimum Gasteiger partial charge on any atom is -0.453 e. The van der Waals surface area contributed by atoms with Crippen molar-refractivity contribution in [1.82, 2.24) is 24.6 Å². The van der Waals surface area contributed by atoms with Crippen LogP contribution in [0.15, 0.2) is 18.3 Å². The highest BCUT2D eigenvalue weighted by Gasteiger charge is 2.35. The number of carbonyl (C=O) groups excluding carboxylic acids is 1.